The number of hydrogen-bond acceptors (Lipinski definition) is 6. The average molecular weight is 682 g/mol. The van der Waals surface area contributed by atoms with Crippen molar-refractivity contribution >= 4 is 39.2 Å². The Hall–Kier alpha value is -3.85. The van der Waals surface area contributed by atoms with Gasteiger partial charge >= 0.3 is 5.97 Å². The fourth-order valence-electron chi connectivity index (χ4n) is 7.75. The predicted octanol–water partition coefficient (Wildman–Crippen LogP) is 7.87. The lowest BCUT2D eigenvalue weighted by Gasteiger charge is -2.37. The summed E-state index contributed by atoms with van der Waals surface area (Å²) < 4.78 is 16.7. The van der Waals surface area contributed by atoms with Gasteiger partial charge < -0.3 is 19.4 Å². The van der Waals surface area contributed by atoms with Gasteiger partial charge in [-0.2, -0.15) is 5.10 Å². The van der Waals surface area contributed by atoms with Gasteiger partial charge in [-0.15, -0.1) is 0 Å². The molecule has 2 fully saturated rings. The molecule has 1 saturated carbocycles. The molecule has 3 heterocycles. The molecular formula is C40H48ClN5O3. The van der Waals surface area contributed by atoms with Crippen LogP contribution in [0.15, 0.2) is 54.6 Å². The minimum atomic E-state index is -0.652. The van der Waals surface area contributed by atoms with Crippen LogP contribution in [0.2, 0.25) is 5.02 Å². The van der Waals surface area contributed by atoms with E-state index in [2.05, 4.69) is 46.0 Å². The van der Waals surface area contributed by atoms with Gasteiger partial charge in [0.1, 0.15) is 17.0 Å². The molecule has 7 rings (SSSR count). The Morgan fingerprint density at radius 1 is 1.00 bits per heavy atom. The standard InChI is InChI=1S/C40H48ClN5O3/c1-26-34(27(2)44(6)43-26)35-32(41)17-16-31-30(14-10-24-48-33-15-9-12-28-11-7-8-13-29(28)33)37(38(47)49-39(3,4)5)46(36(31)35)23-22-45-21-20-42-25-40(45)18-19-40/h7-9,11-13,15-17,42H,10,14,18-25H2,1-6H3. The molecular weight excluding hydrogens is 634 g/mol. The summed E-state index contributed by atoms with van der Waals surface area (Å²) >= 11 is 7.15. The van der Waals surface area contributed by atoms with Crippen LogP contribution in [-0.4, -0.2) is 69.1 Å². The van der Waals surface area contributed by atoms with Crippen LogP contribution < -0.4 is 10.1 Å². The molecule has 8 nitrogen and oxygen atoms in total. The topological polar surface area (TPSA) is 73.6 Å². The fraction of sp³-hybridized carbons (Fsp3) is 0.450. The normalized spacial score (nSPS) is 16.1. The lowest BCUT2D eigenvalue weighted by Crippen LogP contribution is -2.53. The molecule has 258 valence electrons. The molecule has 1 saturated heterocycles. The number of esters is 1. The number of benzene rings is 3. The summed E-state index contributed by atoms with van der Waals surface area (Å²) in [4.78, 5) is 17.0. The Morgan fingerprint density at radius 3 is 2.51 bits per heavy atom. The second kappa shape index (κ2) is 13.1. The molecule has 5 aromatic rings. The average Bonchev–Trinajstić information content (AvgIpc) is 3.69. The van der Waals surface area contributed by atoms with Crippen molar-refractivity contribution in [2.24, 2.45) is 7.05 Å². The first kappa shape index (κ1) is 33.6. The highest BCUT2D eigenvalue weighted by atomic mass is 35.5. The maximum Gasteiger partial charge on any atom is 0.355 e. The van der Waals surface area contributed by atoms with Crippen LogP contribution >= 0.6 is 11.6 Å². The third-order valence-electron chi connectivity index (χ3n) is 10.3. The quantitative estimate of drug-likeness (QED) is 0.120. The van der Waals surface area contributed by atoms with Gasteiger partial charge in [-0.3, -0.25) is 9.58 Å². The summed E-state index contributed by atoms with van der Waals surface area (Å²) in [5.41, 5.74) is 6.01. The molecule has 0 bridgehead atoms. The molecule has 3 aromatic carbocycles. The van der Waals surface area contributed by atoms with E-state index in [1.807, 2.05) is 69.8 Å². The number of hydrogen-bond donors (Lipinski definition) is 1. The van der Waals surface area contributed by atoms with Crippen LogP contribution in [0.25, 0.3) is 32.8 Å². The SMILES string of the molecule is Cc1nn(C)c(C)c1-c1c(Cl)ccc2c(CCCOc3cccc4ccccc34)c(C(=O)OC(C)(C)C)n(CCN3CCNCC34CC4)c12. The minimum Gasteiger partial charge on any atom is -0.493 e. The Bertz CT molecular complexity index is 2030. The highest BCUT2D eigenvalue weighted by molar-refractivity contribution is 6.35. The molecule has 2 aromatic heterocycles. The first-order valence-corrected chi connectivity index (χ1v) is 18.0. The van der Waals surface area contributed by atoms with Crippen LogP contribution in [0.5, 0.6) is 5.75 Å². The molecule has 1 N–H and O–H groups in total. The Balaban J connectivity index is 1.33. The zero-order chi connectivity index (χ0) is 34.5. The summed E-state index contributed by atoms with van der Waals surface area (Å²) in [6, 6.07) is 18.5. The summed E-state index contributed by atoms with van der Waals surface area (Å²) in [5, 5.41) is 12.3. The number of fused-ring (bicyclic) bond motifs is 2. The van der Waals surface area contributed by atoms with Crippen LogP contribution in [0.3, 0.4) is 0 Å². The van der Waals surface area contributed by atoms with Gasteiger partial charge in [-0.1, -0.05) is 54.1 Å². The summed E-state index contributed by atoms with van der Waals surface area (Å²) in [6.07, 6.45) is 3.78. The van der Waals surface area contributed by atoms with Gasteiger partial charge in [0.2, 0.25) is 0 Å². The maximum atomic E-state index is 14.4. The van der Waals surface area contributed by atoms with Crippen molar-refractivity contribution in [1.82, 2.24) is 24.6 Å². The Kier molecular flexibility index (Phi) is 9.01. The Labute approximate surface area is 294 Å². The number of nitrogens with one attached hydrogen (secondary N) is 1. The van der Waals surface area contributed by atoms with E-state index in [0.29, 0.717) is 30.3 Å². The van der Waals surface area contributed by atoms with E-state index in [9.17, 15) is 4.79 Å². The second-order valence-electron chi connectivity index (χ2n) is 14.8. The number of carbonyl (C=O) groups is 1. The molecule has 0 radical (unpaired) electrons. The van der Waals surface area contributed by atoms with E-state index in [0.717, 1.165) is 88.1 Å². The summed E-state index contributed by atoms with van der Waals surface area (Å²) in [6.45, 7) is 14.9. The fourth-order valence-corrected chi connectivity index (χ4v) is 7.99. The van der Waals surface area contributed by atoms with E-state index in [1.165, 1.54) is 12.8 Å². The van der Waals surface area contributed by atoms with Gasteiger partial charge in [-0.05, 0) is 83.4 Å². The highest BCUT2D eigenvalue weighted by Gasteiger charge is 2.48. The van der Waals surface area contributed by atoms with Gasteiger partial charge in [0.05, 0.1) is 22.8 Å². The Morgan fingerprint density at radius 2 is 1.78 bits per heavy atom. The van der Waals surface area contributed by atoms with E-state index in [4.69, 9.17) is 26.2 Å². The number of nitrogens with zero attached hydrogens (tertiary/aromatic N) is 4. The molecule has 1 spiro atoms. The van der Waals surface area contributed by atoms with Crippen molar-refractivity contribution in [3.63, 3.8) is 0 Å². The molecule has 9 heteroatoms. The van der Waals surface area contributed by atoms with E-state index < -0.39 is 5.60 Å². The third kappa shape index (κ3) is 6.46. The lowest BCUT2D eigenvalue weighted by atomic mass is 9.98. The van der Waals surface area contributed by atoms with E-state index in [-0.39, 0.29) is 11.5 Å². The number of aryl methyl sites for hydroxylation is 3. The number of ether oxygens (including phenoxy) is 2. The first-order valence-electron chi connectivity index (χ1n) is 17.6. The van der Waals surface area contributed by atoms with Crippen LogP contribution in [0.4, 0.5) is 0 Å². The molecule has 0 atom stereocenters. The summed E-state index contributed by atoms with van der Waals surface area (Å²) in [7, 11) is 1.96. The molecule has 0 unspecified atom stereocenters. The predicted molar refractivity (Wildman–Crippen MR) is 198 cm³/mol. The number of piperazine rings is 1. The number of carbonyl (C=O) groups excluding carboxylic acids is 1. The second-order valence-corrected chi connectivity index (χ2v) is 15.2. The van der Waals surface area contributed by atoms with Crippen molar-refractivity contribution in [2.45, 2.75) is 78.0 Å². The van der Waals surface area contributed by atoms with Gasteiger partial charge in [-0.25, -0.2) is 4.79 Å². The van der Waals surface area contributed by atoms with Gasteiger partial charge in [0.25, 0.3) is 0 Å². The van der Waals surface area contributed by atoms with Gasteiger partial charge in [0, 0.05) is 72.9 Å². The van der Waals surface area contributed by atoms with Crippen LogP contribution in [0, 0.1) is 13.8 Å². The monoisotopic (exact) mass is 681 g/mol. The molecule has 2 aliphatic rings. The van der Waals surface area contributed by atoms with Gasteiger partial charge in [0.15, 0.2) is 0 Å². The number of halogens is 1. The van der Waals surface area contributed by atoms with Crippen molar-refractivity contribution in [1.29, 1.82) is 0 Å². The molecule has 0 amide bonds. The van der Waals surface area contributed by atoms with Crippen molar-refractivity contribution in [3.8, 4) is 16.9 Å². The largest absolute Gasteiger partial charge is 0.493 e. The van der Waals surface area contributed by atoms with Crippen molar-refractivity contribution < 1.29 is 14.3 Å². The maximum absolute atomic E-state index is 14.4. The molecule has 1 aliphatic heterocycles. The van der Waals surface area contributed by atoms with E-state index in [1.54, 1.807) is 0 Å². The van der Waals surface area contributed by atoms with Crippen molar-refractivity contribution in [2.75, 3.05) is 32.8 Å². The zero-order valence-corrected chi connectivity index (χ0v) is 30.4. The first-order chi connectivity index (χ1) is 23.5. The van der Waals surface area contributed by atoms with Crippen LogP contribution in [0.1, 0.15) is 67.5 Å². The van der Waals surface area contributed by atoms with Crippen LogP contribution in [-0.2, 0) is 24.8 Å². The number of aromatic nitrogens is 3. The van der Waals surface area contributed by atoms with E-state index >= 15 is 0 Å². The highest BCUT2D eigenvalue weighted by Crippen LogP contribution is 2.44. The zero-order valence-electron chi connectivity index (χ0n) is 29.7. The third-order valence-corrected chi connectivity index (χ3v) is 10.6. The lowest BCUT2D eigenvalue weighted by molar-refractivity contribution is 0.00558. The molecule has 49 heavy (non-hydrogen) atoms. The smallest absolute Gasteiger partial charge is 0.355 e. The minimum absolute atomic E-state index is 0.228. The van der Waals surface area contributed by atoms with Crippen molar-refractivity contribution in [3.05, 3.63) is 82.3 Å². The summed E-state index contributed by atoms with van der Waals surface area (Å²) in [5.74, 6) is 0.561. The number of rotatable bonds is 10. The molecule has 1 aliphatic carbocycles.